The Balaban J connectivity index is 2.42. The third-order valence-electron chi connectivity index (χ3n) is 4.31. The number of nitro groups is 1. The minimum atomic E-state index is -0.574. The number of methoxy groups -OCH3 is 2. The lowest BCUT2D eigenvalue weighted by atomic mass is 10.1. The molecule has 0 bridgehead atoms. The fraction of sp³-hybridized carbons (Fsp3) is 0.300. The van der Waals surface area contributed by atoms with Gasteiger partial charge in [0.15, 0.2) is 11.5 Å². The van der Waals surface area contributed by atoms with Gasteiger partial charge in [-0.25, -0.2) is 4.79 Å². The molecular weight excluding hydrogens is 380 g/mol. The summed E-state index contributed by atoms with van der Waals surface area (Å²) in [6, 6.07) is 2.64. The predicted molar refractivity (Wildman–Crippen MR) is 106 cm³/mol. The first kappa shape index (κ1) is 21.7. The Bertz CT molecular complexity index is 989. The number of ketones is 1. The molecule has 0 radical (unpaired) electrons. The van der Waals surface area contributed by atoms with Gasteiger partial charge in [-0.15, -0.1) is 0 Å². The van der Waals surface area contributed by atoms with E-state index < -0.39 is 16.7 Å². The number of allylic oxidation sites excluding steroid dienone is 1. The predicted octanol–water partition coefficient (Wildman–Crippen LogP) is 3.63. The summed E-state index contributed by atoms with van der Waals surface area (Å²) in [5, 5.41) is 11.4. The molecule has 1 N–H and O–H groups in total. The average molecular weight is 402 g/mol. The van der Waals surface area contributed by atoms with Crippen LogP contribution >= 0.6 is 0 Å². The van der Waals surface area contributed by atoms with Crippen molar-refractivity contribution in [1.29, 1.82) is 0 Å². The number of hydrogen-bond donors (Lipinski definition) is 1. The molecule has 2 aromatic rings. The van der Waals surface area contributed by atoms with Gasteiger partial charge in [0.1, 0.15) is 0 Å². The largest absolute Gasteiger partial charge is 0.493 e. The van der Waals surface area contributed by atoms with Crippen LogP contribution in [0.3, 0.4) is 0 Å². The first-order valence-corrected chi connectivity index (χ1v) is 8.74. The summed E-state index contributed by atoms with van der Waals surface area (Å²) in [4.78, 5) is 38.4. The van der Waals surface area contributed by atoms with Gasteiger partial charge in [0.05, 0.1) is 48.6 Å². The molecule has 1 aromatic heterocycles. The molecule has 2 rings (SSSR count). The number of nitrogens with one attached hydrogen (secondary N) is 1. The number of H-pyrrole nitrogens is 1. The third-order valence-corrected chi connectivity index (χ3v) is 4.31. The van der Waals surface area contributed by atoms with Gasteiger partial charge in [-0.2, -0.15) is 0 Å². The Morgan fingerprint density at radius 1 is 1.17 bits per heavy atom. The van der Waals surface area contributed by atoms with E-state index in [0.717, 1.165) is 0 Å². The normalized spacial score (nSPS) is 10.8. The molecule has 9 heteroatoms. The highest BCUT2D eigenvalue weighted by Crippen LogP contribution is 2.35. The molecule has 9 nitrogen and oxygen atoms in total. The molecule has 0 spiro atoms. The van der Waals surface area contributed by atoms with Crippen LogP contribution in [0.25, 0.3) is 6.08 Å². The van der Waals surface area contributed by atoms with E-state index in [0.29, 0.717) is 22.6 Å². The van der Waals surface area contributed by atoms with Gasteiger partial charge >= 0.3 is 5.97 Å². The zero-order chi connectivity index (χ0) is 21.7. The van der Waals surface area contributed by atoms with Crippen molar-refractivity contribution >= 4 is 23.5 Å². The molecule has 0 saturated heterocycles. The summed E-state index contributed by atoms with van der Waals surface area (Å²) in [6.07, 6.45) is 2.52. The van der Waals surface area contributed by atoms with Crippen molar-refractivity contribution in [3.05, 3.63) is 56.4 Å². The number of aromatic nitrogens is 1. The van der Waals surface area contributed by atoms with E-state index in [2.05, 4.69) is 4.98 Å². The number of ether oxygens (including phenoxy) is 3. The van der Waals surface area contributed by atoms with E-state index >= 15 is 0 Å². The van der Waals surface area contributed by atoms with Gasteiger partial charge in [0, 0.05) is 5.69 Å². The Kier molecular flexibility index (Phi) is 6.76. The van der Waals surface area contributed by atoms with E-state index in [1.165, 1.54) is 38.5 Å². The number of nitro benzene ring substituents is 1. The monoisotopic (exact) mass is 402 g/mol. The molecule has 0 aliphatic rings. The lowest BCUT2D eigenvalue weighted by Crippen LogP contribution is -2.07. The summed E-state index contributed by atoms with van der Waals surface area (Å²) in [5.74, 6) is -0.457. The van der Waals surface area contributed by atoms with Crippen LogP contribution in [-0.4, -0.2) is 42.5 Å². The number of carbonyl (C=O) groups is 2. The van der Waals surface area contributed by atoms with Crippen molar-refractivity contribution in [1.82, 2.24) is 4.98 Å². The van der Waals surface area contributed by atoms with Crippen molar-refractivity contribution in [2.24, 2.45) is 0 Å². The maximum absolute atomic E-state index is 12.6. The number of esters is 1. The van der Waals surface area contributed by atoms with Crippen molar-refractivity contribution in [2.75, 3.05) is 20.8 Å². The molecule has 0 saturated carbocycles. The number of aromatic amines is 1. The van der Waals surface area contributed by atoms with Gasteiger partial charge in [-0.3, -0.25) is 14.9 Å². The van der Waals surface area contributed by atoms with Crippen LogP contribution < -0.4 is 9.47 Å². The Morgan fingerprint density at radius 3 is 2.34 bits per heavy atom. The number of nitrogens with zero attached hydrogens (tertiary/aromatic N) is 1. The summed E-state index contributed by atoms with van der Waals surface area (Å²) in [7, 11) is 2.78. The Morgan fingerprint density at radius 2 is 1.79 bits per heavy atom. The van der Waals surface area contributed by atoms with Crippen LogP contribution in [0.2, 0.25) is 0 Å². The second kappa shape index (κ2) is 9.05. The van der Waals surface area contributed by atoms with Crippen molar-refractivity contribution < 1.29 is 28.7 Å². The highest BCUT2D eigenvalue weighted by atomic mass is 16.6. The zero-order valence-electron chi connectivity index (χ0n) is 16.8. The van der Waals surface area contributed by atoms with Crippen molar-refractivity contribution in [2.45, 2.75) is 20.8 Å². The standard InChI is InChI=1S/C20H22N2O7/c1-6-29-20(24)18-11(2)19(21-12(18)3)15(23)8-7-13-9-16(27-4)17(28-5)10-14(13)22(25)26/h7-10,21H,6H2,1-5H3/b8-7+. The molecule has 1 aromatic carbocycles. The molecule has 0 aliphatic carbocycles. The van der Waals surface area contributed by atoms with Gasteiger partial charge in [-0.1, -0.05) is 0 Å². The van der Waals surface area contributed by atoms with Gasteiger partial charge in [0.2, 0.25) is 5.78 Å². The number of carbonyl (C=O) groups excluding carboxylic acids is 2. The van der Waals surface area contributed by atoms with Crippen LogP contribution in [0.5, 0.6) is 11.5 Å². The number of benzene rings is 1. The molecule has 0 atom stereocenters. The minimum absolute atomic E-state index is 0.174. The number of rotatable bonds is 8. The van der Waals surface area contributed by atoms with Crippen LogP contribution in [0.1, 0.15) is 44.6 Å². The number of hydrogen-bond acceptors (Lipinski definition) is 7. The first-order valence-electron chi connectivity index (χ1n) is 8.74. The van der Waals surface area contributed by atoms with E-state index in [4.69, 9.17) is 14.2 Å². The summed E-state index contributed by atoms with van der Waals surface area (Å²) >= 11 is 0. The Hall–Kier alpha value is -3.62. The van der Waals surface area contributed by atoms with Crippen LogP contribution in [0, 0.1) is 24.0 Å². The quantitative estimate of drug-likeness (QED) is 0.235. The lowest BCUT2D eigenvalue weighted by molar-refractivity contribution is -0.385. The lowest BCUT2D eigenvalue weighted by Gasteiger charge is -2.08. The smallest absolute Gasteiger partial charge is 0.340 e. The molecule has 0 aliphatic heterocycles. The molecule has 0 unspecified atom stereocenters. The fourth-order valence-electron chi connectivity index (χ4n) is 2.93. The fourth-order valence-corrected chi connectivity index (χ4v) is 2.93. The zero-order valence-corrected chi connectivity index (χ0v) is 16.8. The van der Waals surface area contributed by atoms with Gasteiger partial charge < -0.3 is 19.2 Å². The van der Waals surface area contributed by atoms with E-state index in [-0.39, 0.29) is 29.3 Å². The van der Waals surface area contributed by atoms with Gasteiger partial charge in [0.25, 0.3) is 5.69 Å². The molecule has 1 heterocycles. The second-order valence-corrected chi connectivity index (χ2v) is 6.07. The third kappa shape index (κ3) is 4.45. The van der Waals surface area contributed by atoms with Crippen LogP contribution in [0.4, 0.5) is 5.69 Å². The SMILES string of the molecule is CCOC(=O)c1c(C)[nH]c(C(=O)/C=C/c2cc(OC)c(OC)cc2[N+](=O)[O-])c1C. The highest BCUT2D eigenvalue weighted by molar-refractivity contribution is 6.09. The molecular formula is C20H22N2O7. The number of aryl methyl sites for hydroxylation is 1. The van der Waals surface area contributed by atoms with Crippen LogP contribution in [-0.2, 0) is 4.74 Å². The molecule has 154 valence electrons. The Labute approximate surface area is 167 Å². The average Bonchev–Trinajstić information content (AvgIpc) is 2.99. The van der Waals surface area contributed by atoms with E-state index in [1.807, 2.05) is 0 Å². The molecule has 29 heavy (non-hydrogen) atoms. The molecule has 0 fully saturated rings. The minimum Gasteiger partial charge on any atom is -0.493 e. The topological polar surface area (TPSA) is 121 Å². The second-order valence-electron chi connectivity index (χ2n) is 6.07. The van der Waals surface area contributed by atoms with E-state index in [9.17, 15) is 19.7 Å². The maximum atomic E-state index is 12.6. The highest BCUT2D eigenvalue weighted by Gasteiger charge is 2.22. The molecule has 0 amide bonds. The van der Waals surface area contributed by atoms with Gasteiger partial charge in [-0.05, 0) is 44.6 Å². The van der Waals surface area contributed by atoms with Crippen molar-refractivity contribution in [3.63, 3.8) is 0 Å². The summed E-state index contributed by atoms with van der Waals surface area (Å²) < 4.78 is 15.3. The summed E-state index contributed by atoms with van der Waals surface area (Å²) in [5.41, 5.74) is 1.42. The van der Waals surface area contributed by atoms with Crippen molar-refractivity contribution in [3.8, 4) is 11.5 Å². The first-order chi connectivity index (χ1) is 13.7. The maximum Gasteiger partial charge on any atom is 0.340 e. The summed E-state index contributed by atoms with van der Waals surface area (Å²) in [6.45, 7) is 5.21. The van der Waals surface area contributed by atoms with Crippen LogP contribution in [0.15, 0.2) is 18.2 Å². The van der Waals surface area contributed by atoms with E-state index in [1.54, 1.807) is 20.8 Å².